The van der Waals surface area contributed by atoms with Crippen LogP contribution < -0.4 is 0 Å². The van der Waals surface area contributed by atoms with E-state index in [2.05, 4.69) is 0 Å². The zero-order chi connectivity index (χ0) is 15.2. The highest BCUT2D eigenvalue weighted by Gasteiger charge is 2.45. The SMILES string of the molecule is CCC1(C(=O)O)CCN(C(=O)N(C)CCCCCO)C1. The van der Waals surface area contributed by atoms with Gasteiger partial charge in [-0.05, 0) is 32.1 Å². The molecule has 0 aromatic heterocycles. The van der Waals surface area contributed by atoms with Gasteiger partial charge in [-0.2, -0.15) is 0 Å². The van der Waals surface area contributed by atoms with Crippen LogP contribution in [-0.4, -0.2) is 65.3 Å². The minimum atomic E-state index is -0.805. The second-order valence-electron chi connectivity index (χ2n) is 5.60. The van der Waals surface area contributed by atoms with Crippen LogP contribution in [0.4, 0.5) is 4.79 Å². The average Bonchev–Trinajstić information content (AvgIpc) is 2.88. The fourth-order valence-electron chi connectivity index (χ4n) is 2.62. The number of unbranched alkanes of at least 4 members (excludes halogenated alkanes) is 2. The van der Waals surface area contributed by atoms with Gasteiger partial charge in [0.2, 0.25) is 0 Å². The molecule has 1 saturated heterocycles. The molecule has 0 saturated carbocycles. The highest BCUT2D eigenvalue weighted by atomic mass is 16.4. The number of hydrogen-bond donors (Lipinski definition) is 2. The van der Waals surface area contributed by atoms with Crippen LogP contribution in [0.1, 0.15) is 39.0 Å². The summed E-state index contributed by atoms with van der Waals surface area (Å²) in [6, 6.07) is -0.0921. The van der Waals surface area contributed by atoms with Crippen LogP contribution >= 0.6 is 0 Å². The number of aliphatic hydroxyl groups is 1. The maximum absolute atomic E-state index is 12.2. The number of rotatable bonds is 7. The van der Waals surface area contributed by atoms with Crippen LogP contribution in [0.5, 0.6) is 0 Å². The number of carbonyl (C=O) groups is 2. The van der Waals surface area contributed by atoms with Crippen molar-refractivity contribution in [3.63, 3.8) is 0 Å². The summed E-state index contributed by atoms with van der Waals surface area (Å²) in [6.45, 7) is 3.50. The first-order chi connectivity index (χ1) is 9.46. The molecule has 6 heteroatoms. The van der Waals surface area contributed by atoms with Crippen molar-refractivity contribution in [2.45, 2.75) is 39.0 Å². The minimum absolute atomic E-state index is 0.0921. The van der Waals surface area contributed by atoms with Gasteiger partial charge in [-0.3, -0.25) is 4.79 Å². The standard InChI is InChI=1S/C14H26N2O4/c1-3-14(12(18)19)7-9-16(11-14)13(20)15(2)8-5-4-6-10-17/h17H,3-11H2,1-2H3,(H,18,19). The van der Waals surface area contributed by atoms with Crippen LogP contribution in [0.2, 0.25) is 0 Å². The fourth-order valence-corrected chi connectivity index (χ4v) is 2.62. The quantitative estimate of drug-likeness (QED) is 0.693. The number of aliphatic carboxylic acids is 1. The van der Waals surface area contributed by atoms with E-state index in [1.807, 2.05) is 6.92 Å². The third-order valence-corrected chi connectivity index (χ3v) is 4.23. The van der Waals surface area contributed by atoms with Crippen molar-refractivity contribution >= 4 is 12.0 Å². The van der Waals surface area contributed by atoms with E-state index in [0.717, 1.165) is 19.3 Å². The fraction of sp³-hybridized carbons (Fsp3) is 0.857. The second-order valence-corrected chi connectivity index (χ2v) is 5.60. The lowest BCUT2D eigenvalue weighted by Gasteiger charge is -2.27. The van der Waals surface area contributed by atoms with Gasteiger partial charge in [0.1, 0.15) is 0 Å². The van der Waals surface area contributed by atoms with Crippen molar-refractivity contribution in [2.24, 2.45) is 5.41 Å². The number of likely N-dealkylation sites (tertiary alicyclic amines) is 1. The topological polar surface area (TPSA) is 81.1 Å². The Hall–Kier alpha value is -1.30. The van der Waals surface area contributed by atoms with Crippen molar-refractivity contribution in [1.29, 1.82) is 0 Å². The lowest BCUT2D eigenvalue weighted by Crippen LogP contribution is -2.42. The van der Waals surface area contributed by atoms with Crippen molar-refractivity contribution in [3.8, 4) is 0 Å². The highest BCUT2D eigenvalue weighted by molar-refractivity contribution is 5.79. The van der Waals surface area contributed by atoms with E-state index >= 15 is 0 Å². The Balaban J connectivity index is 2.47. The molecule has 116 valence electrons. The van der Waals surface area contributed by atoms with Crippen LogP contribution in [0.15, 0.2) is 0 Å². The Bertz CT molecular complexity index is 348. The van der Waals surface area contributed by atoms with Crippen LogP contribution in [-0.2, 0) is 4.79 Å². The summed E-state index contributed by atoms with van der Waals surface area (Å²) >= 11 is 0. The third kappa shape index (κ3) is 3.85. The molecule has 2 N–H and O–H groups in total. The summed E-state index contributed by atoms with van der Waals surface area (Å²) < 4.78 is 0. The number of carboxylic acid groups (broad SMARTS) is 1. The van der Waals surface area contributed by atoms with Gasteiger partial charge < -0.3 is 20.0 Å². The predicted molar refractivity (Wildman–Crippen MR) is 75.5 cm³/mol. The average molecular weight is 286 g/mol. The van der Waals surface area contributed by atoms with Gasteiger partial charge in [0.25, 0.3) is 0 Å². The Morgan fingerprint density at radius 1 is 1.30 bits per heavy atom. The molecule has 2 amide bonds. The van der Waals surface area contributed by atoms with Gasteiger partial charge in [0.05, 0.1) is 5.41 Å². The Morgan fingerprint density at radius 3 is 2.50 bits per heavy atom. The molecule has 0 aromatic carbocycles. The molecule has 1 atom stereocenters. The van der Waals surface area contributed by atoms with Gasteiger partial charge in [0, 0.05) is 33.3 Å². The van der Waals surface area contributed by atoms with Gasteiger partial charge in [0.15, 0.2) is 0 Å². The molecule has 6 nitrogen and oxygen atoms in total. The molecule has 1 heterocycles. The first-order valence-electron chi connectivity index (χ1n) is 7.31. The zero-order valence-electron chi connectivity index (χ0n) is 12.5. The van der Waals surface area contributed by atoms with Gasteiger partial charge in [-0.1, -0.05) is 6.92 Å². The van der Waals surface area contributed by atoms with Crippen LogP contribution in [0, 0.1) is 5.41 Å². The van der Waals surface area contributed by atoms with Gasteiger partial charge >= 0.3 is 12.0 Å². The van der Waals surface area contributed by atoms with Crippen molar-refractivity contribution in [2.75, 3.05) is 33.3 Å². The normalized spacial score (nSPS) is 22.1. The number of amides is 2. The van der Waals surface area contributed by atoms with E-state index in [4.69, 9.17) is 5.11 Å². The molecule has 1 aliphatic rings. The zero-order valence-corrected chi connectivity index (χ0v) is 12.5. The van der Waals surface area contributed by atoms with Crippen molar-refractivity contribution in [1.82, 2.24) is 9.80 Å². The molecular weight excluding hydrogens is 260 g/mol. The third-order valence-electron chi connectivity index (χ3n) is 4.23. The van der Waals surface area contributed by atoms with E-state index in [1.54, 1.807) is 16.8 Å². The molecule has 0 aromatic rings. The summed E-state index contributed by atoms with van der Waals surface area (Å²) in [5, 5.41) is 18.0. The van der Waals surface area contributed by atoms with E-state index in [1.165, 1.54) is 0 Å². The van der Waals surface area contributed by atoms with E-state index in [9.17, 15) is 14.7 Å². The van der Waals surface area contributed by atoms with E-state index in [-0.39, 0.29) is 12.6 Å². The van der Waals surface area contributed by atoms with Gasteiger partial charge in [-0.25, -0.2) is 4.79 Å². The molecule has 0 aliphatic carbocycles. The number of aliphatic hydroxyl groups excluding tert-OH is 1. The smallest absolute Gasteiger partial charge is 0.319 e. The number of carbonyl (C=O) groups excluding carboxylic acids is 1. The molecular formula is C14H26N2O4. The Morgan fingerprint density at radius 2 is 2.00 bits per heavy atom. The van der Waals surface area contributed by atoms with E-state index < -0.39 is 11.4 Å². The van der Waals surface area contributed by atoms with Crippen molar-refractivity contribution in [3.05, 3.63) is 0 Å². The number of carboxylic acids is 1. The molecule has 0 bridgehead atoms. The summed E-state index contributed by atoms with van der Waals surface area (Å²) in [6.07, 6.45) is 3.58. The lowest BCUT2D eigenvalue weighted by molar-refractivity contribution is -0.148. The largest absolute Gasteiger partial charge is 0.481 e. The Labute approximate surface area is 120 Å². The minimum Gasteiger partial charge on any atom is -0.481 e. The van der Waals surface area contributed by atoms with Crippen LogP contribution in [0.25, 0.3) is 0 Å². The monoisotopic (exact) mass is 286 g/mol. The second kappa shape index (κ2) is 7.47. The highest BCUT2D eigenvalue weighted by Crippen LogP contribution is 2.34. The molecule has 1 rings (SSSR count). The summed E-state index contributed by atoms with van der Waals surface area (Å²) in [7, 11) is 1.74. The number of nitrogens with zero attached hydrogens (tertiary/aromatic N) is 2. The molecule has 20 heavy (non-hydrogen) atoms. The first kappa shape index (κ1) is 16.8. The maximum Gasteiger partial charge on any atom is 0.319 e. The molecule has 1 unspecified atom stereocenters. The van der Waals surface area contributed by atoms with Gasteiger partial charge in [-0.15, -0.1) is 0 Å². The summed E-state index contributed by atoms with van der Waals surface area (Å²) in [5.41, 5.74) is -0.770. The first-order valence-corrected chi connectivity index (χ1v) is 7.31. The van der Waals surface area contributed by atoms with Crippen LogP contribution in [0.3, 0.4) is 0 Å². The molecule has 1 fully saturated rings. The summed E-state index contributed by atoms with van der Waals surface area (Å²) in [4.78, 5) is 26.9. The molecule has 0 radical (unpaired) electrons. The summed E-state index contributed by atoms with van der Waals surface area (Å²) in [5.74, 6) is -0.805. The van der Waals surface area contributed by atoms with Crippen molar-refractivity contribution < 1.29 is 19.8 Å². The lowest BCUT2D eigenvalue weighted by atomic mass is 9.84. The number of urea groups is 1. The Kier molecular flexibility index (Phi) is 6.26. The predicted octanol–water partition coefficient (Wildman–Crippen LogP) is 1.39. The van der Waals surface area contributed by atoms with E-state index in [0.29, 0.717) is 32.5 Å². The molecule has 0 spiro atoms. The maximum atomic E-state index is 12.2. The number of hydrogen-bond acceptors (Lipinski definition) is 3. The molecule has 1 aliphatic heterocycles.